The highest BCUT2D eigenvalue weighted by atomic mass is 16.5. The number of para-hydroxylation sites is 1. The summed E-state index contributed by atoms with van der Waals surface area (Å²) in [6.07, 6.45) is 2.47. The monoisotopic (exact) mass is 520 g/mol. The van der Waals surface area contributed by atoms with E-state index in [1.807, 2.05) is 49.4 Å². The highest BCUT2D eigenvalue weighted by Gasteiger charge is 2.46. The molecule has 1 fully saturated rings. The van der Waals surface area contributed by atoms with Crippen molar-refractivity contribution in [3.8, 4) is 17.2 Å². The van der Waals surface area contributed by atoms with Gasteiger partial charge >= 0.3 is 0 Å². The Bertz CT molecular complexity index is 1500. The Morgan fingerprint density at radius 2 is 1.62 bits per heavy atom. The van der Waals surface area contributed by atoms with Crippen LogP contribution in [-0.2, 0) is 16.1 Å². The fraction of sp³-hybridized carbons (Fsp3) is 0.156. The van der Waals surface area contributed by atoms with Crippen LogP contribution in [0, 0.1) is 0 Å². The molecule has 1 unspecified atom stereocenters. The van der Waals surface area contributed by atoms with Gasteiger partial charge in [0.15, 0.2) is 0 Å². The zero-order valence-corrected chi connectivity index (χ0v) is 21.5. The quantitative estimate of drug-likeness (QED) is 0.159. The van der Waals surface area contributed by atoms with Crippen molar-refractivity contribution in [2.24, 2.45) is 0 Å². The number of aliphatic hydroxyl groups is 1. The van der Waals surface area contributed by atoms with Crippen LogP contribution in [0.4, 0.5) is 0 Å². The normalized spacial score (nSPS) is 16.3. The number of likely N-dealkylation sites (tertiary alicyclic amines) is 1. The molecule has 2 heterocycles. The molecule has 0 radical (unpaired) electrons. The minimum absolute atomic E-state index is 0.000402. The second-order valence-electron chi connectivity index (χ2n) is 9.11. The maximum Gasteiger partial charge on any atom is 0.296 e. The topological polar surface area (TPSA) is 89.0 Å². The highest BCUT2D eigenvalue weighted by molar-refractivity contribution is 6.46. The highest BCUT2D eigenvalue weighted by Crippen LogP contribution is 2.41. The van der Waals surface area contributed by atoms with Crippen molar-refractivity contribution in [1.29, 1.82) is 0 Å². The number of aliphatic hydroxyl groups excluding tert-OH is 1. The van der Waals surface area contributed by atoms with Crippen molar-refractivity contribution in [1.82, 2.24) is 9.88 Å². The third kappa shape index (κ3) is 5.67. The number of hydrogen-bond donors (Lipinski definition) is 1. The lowest BCUT2D eigenvalue weighted by molar-refractivity contribution is -0.140. The van der Waals surface area contributed by atoms with E-state index in [0.29, 0.717) is 40.7 Å². The Morgan fingerprint density at radius 3 is 2.38 bits per heavy atom. The van der Waals surface area contributed by atoms with E-state index in [4.69, 9.17) is 9.47 Å². The SMILES string of the molecule is CCCOc1cccc(/C(O)=C2/C(=O)C(=O)N(Cc3ccccn3)C2c2cccc(Oc3ccccc3)c2)c1. The van der Waals surface area contributed by atoms with Crippen LogP contribution in [0.2, 0.25) is 0 Å². The molecule has 196 valence electrons. The van der Waals surface area contributed by atoms with Gasteiger partial charge in [0.25, 0.3) is 11.7 Å². The predicted molar refractivity (Wildman–Crippen MR) is 147 cm³/mol. The third-order valence-corrected chi connectivity index (χ3v) is 6.33. The van der Waals surface area contributed by atoms with E-state index < -0.39 is 17.7 Å². The first kappa shape index (κ1) is 25.7. The Kier molecular flexibility index (Phi) is 7.68. The number of carbonyl (C=O) groups excluding carboxylic acids is 2. The van der Waals surface area contributed by atoms with Gasteiger partial charge in [-0.1, -0.05) is 55.5 Å². The molecule has 1 aromatic heterocycles. The number of Topliss-reactive ketones (excluding diaryl/α,β-unsaturated/α-hetero) is 1. The largest absolute Gasteiger partial charge is 0.507 e. The molecule has 1 aliphatic rings. The number of ketones is 1. The predicted octanol–water partition coefficient (Wildman–Crippen LogP) is 6.28. The van der Waals surface area contributed by atoms with Crippen LogP contribution in [0.15, 0.2) is 109 Å². The minimum Gasteiger partial charge on any atom is -0.507 e. The second-order valence-corrected chi connectivity index (χ2v) is 9.11. The number of amides is 1. The van der Waals surface area contributed by atoms with Gasteiger partial charge in [-0.25, -0.2) is 0 Å². The average molecular weight is 521 g/mol. The molecule has 0 spiro atoms. The molecule has 1 amide bonds. The summed E-state index contributed by atoms with van der Waals surface area (Å²) < 4.78 is 11.7. The number of hydrogen-bond acceptors (Lipinski definition) is 6. The number of pyridine rings is 1. The van der Waals surface area contributed by atoms with Crippen LogP contribution in [0.1, 0.15) is 36.2 Å². The van der Waals surface area contributed by atoms with Gasteiger partial charge in [0.05, 0.1) is 30.5 Å². The minimum atomic E-state index is -0.855. The molecular formula is C32H28N2O5. The van der Waals surface area contributed by atoms with E-state index in [9.17, 15) is 14.7 Å². The first-order valence-electron chi connectivity index (χ1n) is 12.8. The molecule has 0 aliphatic carbocycles. The lowest BCUT2D eigenvalue weighted by Crippen LogP contribution is -2.29. The summed E-state index contributed by atoms with van der Waals surface area (Å²) in [5.74, 6) is 0.0254. The van der Waals surface area contributed by atoms with Crippen molar-refractivity contribution in [2.45, 2.75) is 25.9 Å². The van der Waals surface area contributed by atoms with Crippen LogP contribution >= 0.6 is 0 Å². The molecule has 0 bridgehead atoms. The molecule has 39 heavy (non-hydrogen) atoms. The van der Waals surface area contributed by atoms with Crippen molar-refractivity contribution in [3.63, 3.8) is 0 Å². The van der Waals surface area contributed by atoms with Gasteiger partial charge in [-0.3, -0.25) is 14.6 Å². The Balaban J connectivity index is 1.59. The number of rotatable bonds is 9. The molecule has 5 rings (SSSR count). The molecule has 4 aromatic rings. The van der Waals surface area contributed by atoms with Gasteiger partial charge in [0.1, 0.15) is 23.0 Å². The van der Waals surface area contributed by atoms with Crippen molar-refractivity contribution < 1.29 is 24.2 Å². The molecule has 1 atom stereocenters. The van der Waals surface area contributed by atoms with E-state index in [1.165, 1.54) is 4.90 Å². The summed E-state index contributed by atoms with van der Waals surface area (Å²) in [7, 11) is 0. The molecule has 1 N–H and O–H groups in total. The van der Waals surface area contributed by atoms with E-state index >= 15 is 0 Å². The van der Waals surface area contributed by atoms with Gasteiger partial charge in [-0.2, -0.15) is 0 Å². The van der Waals surface area contributed by atoms with Crippen molar-refractivity contribution >= 4 is 17.4 Å². The molecule has 1 saturated heterocycles. The van der Waals surface area contributed by atoms with Crippen LogP contribution in [-0.4, -0.2) is 33.3 Å². The van der Waals surface area contributed by atoms with E-state index in [-0.39, 0.29) is 17.9 Å². The molecular weight excluding hydrogens is 492 g/mol. The summed E-state index contributed by atoms with van der Waals surface area (Å²) in [6, 6.07) is 28.0. The fourth-order valence-electron chi connectivity index (χ4n) is 4.54. The van der Waals surface area contributed by atoms with Gasteiger partial charge in [-0.05, 0) is 60.5 Å². The fourth-order valence-corrected chi connectivity index (χ4v) is 4.54. The molecule has 7 nitrogen and oxygen atoms in total. The van der Waals surface area contributed by atoms with Crippen molar-refractivity contribution in [2.75, 3.05) is 6.61 Å². The Labute approximate surface area is 227 Å². The number of aromatic nitrogens is 1. The third-order valence-electron chi connectivity index (χ3n) is 6.33. The zero-order valence-electron chi connectivity index (χ0n) is 21.5. The number of benzene rings is 3. The summed E-state index contributed by atoms with van der Waals surface area (Å²) in [5, 5.41) is 11.5. The lowest BCUT2D eigenvalue weighted by Gasteiger charge is -2.25. The van der Waals surface area contributed by atoms with Gasteiger partial charge in [-0.15, -0.1) is 0 Å². The van der Waals surface area contributed by atoms with Crippen molar-refractivity contribution in [3.05, 3.63) is 126 Å². The smallest absolute Gasteiger partial charge is 0.296 e. The number of nitrogens with zero attached hydrogens (tertiary/aromatic N) is 2. The van der Waals surface area contributed by atoms with E-state index in [0.717, 1.165) is 6.42 Å². The Hall–Kier alpha value is -4.91. The van der Waals surface area contributed by atoms with Gasteiger partial charge in [0, 0.05) is 11.8 Å². The zero-order chi connectivity index (χ0) is 27.2. The number of ether oxygens (including phenoxy) is 2. The summed E-state index contributed by atoms with van der Waals surface area (Å²) >= 11 is 0. The van der Waals surface area contributed by atoms with Crippen LogP contribution < -0.4 is 9.47 Å². The van der Waals surface area contributed by atoms with E-state index in [1.54, 1.807) is 60.8 Å². The lowest BCUT2D eigenvalue weighted by atomic mass is 9.95. The molecule has 0 saturated carbocycles. The van der Waals surface area contributed by atoms with Gasteiger partial charge in [0.2, 0.25) is 0 Å². The summed E-state index contributed by atoms with van der Waals surface area (Å²) in [4.78, 5) is 32.6. The molecule has 7 heteroatoms. The molecule has 1 aliphatic heterocycles. The van der Waals surface area contributed by atoms with E-state index in [2.05, 4.69) is 4.98 Å². The summed E-state index contributed by atoms with van der Waals surface area (Å²) in [5.41, 5.74) is 1.64. The first-order valence-corrected chi connectivity index (χ1v) is 12.8. The first-order chi connectivity index (χ1) is 19.0. The number of carbonyl (C=O) groups is 2. The average Bonchev–Trinajstić information content (AvgIpc) is 3.22. The van der Waals surface area contributed by atoms with Gasteiger partial charge < -0.3 is 19.5 Å². The maximum atomic E-state index is 13.4. The molecule has 3 aromatic carbocycles. The standard InChI is InChI=1S/C32H28N2O5/c1-2-18-38-26-15-9-11-23(20-26)30(35)28-29(34(32(37)31(28)36)21-24-12-6-7-17-33-24)22-10-8-16-27(19-22)39-25-13-4-3-5-14-25/h3-17,19-20,29,35H,2,18,21H2,1H3/b30-28-. The van der Waals surface area contributed by atoms with Crippen LogP contribution in [0.5, 0.6) is 17.2 Å². The Morgan fingerprint density at radius 1 is 0.872 bits per heavy atom. The second kappa shape index (κ2) is 11.6. The van der Waals surface area contributed by atoms with Crippen LogP contribution in [0.3, 0.4) is 0 Å². The van der Waals surface area contributed by atoms with Crippen LogP contribution in [0.25, 0.3) is 5.76 Å². The maximum absolute atomic E-state index is 13.4. The summed E-state index contributed by atoms with van der Waals surface area (Å²) in [6.45, 7) is 2.62.